The van der Waals surface area contributed by atoms with E-state index in [9.17, 15) is 14.0 Å². The summed E-state index contributed by atoms with van der Waals surface area (Å²) in [4.78, 5) is 26.6. The van der Waals surface area contributed by atoms with E-state index < -0.39 is 0 Å². The normalized spacial score (nSPS) is 14.9. The molecular formula is C21H21ClFNO3. The van der Waals surface area contributed by atoms with Crippen LogP contribution >= 0.6 is 11.6 Å². The lowest BCUT2D eigenvalue weighted by molar-refractivity contribution is -0.140. The van der Waals surface area contributed by atoms with Crippen molar-refractivity contribution in [1.82, 2.24) is 4.90 Å². The highest BCUT2D eigenvalue weighted by molar-refractivity contribution is 6.32. The van der Waals surface area contributed by atoms with E-state index in [-0.39, 0.29) is 23.6 Å². The van der Waals surface area contributed by atoms with E-state index in [1.165, 1.54) is 24.3 Å². The van der Waals surface area contributed by atoms with Crippen molar-refractivity contribution >= 4 is 23.5 Å². The van der Waals surface area contributed by atoms with Gasteiger partial charge < -0.3 is 9.64 Å². The lowest BCUT2D eigenvalue weighted by Crippen LogP contribution is -2.41. The quantitative estimate of drug-likeness (QED) is 0.571. The molecule has 1 aliphatic rings. The van der Waals surface area contributed by atoms with Crippen molar-refractivity contribution in [3.8, 4) is 5.75 Å². The van der Waals surface area contributed by atoms with Crippen LogP contribution in [-0.2, 0) is 4.79 Å². The van der Waals surface area contributed by atoms with Crippen LogP contribution in [0.25, 0.3) is 0 Å². The lowest BCUT2D eigenvalue weighted by Gasteiger charge is -2.31. The summed E-state index contributed by atoms with van der Waals surface area (Å²) >= 11 is 6.14. The molecule has 1 saturated heterocycles. The highest BCUT2D eigenvalue weighted by Crippen LogP contribution is 2.27. The van der Waals surface area contributed by atoms with Gasteiger partial charge in [0.2, 0.25) is 0 Å². The molecule has 142 valence electrons. The first-order valence-electron chi connectivity index (χ1n) is 8.88. The van der Waals surface area contributed by atoms with Crippen LogP contribution < -0.4 is 4.74 Å². The molecular weight excluding hydrogens is 369 g/mol. The first kappa shape index (κ1) is 19.4. The predicted molar refractivity (Wildman–Crippen MR) is 102 cm³/mol. The average Bonchev–Trinajstić information content (AvgIpc) is 2.66. The molecule has 3 rings (SSSR count). The maximum atomic E-state index is 13.0. The Labute approximate surface area is 162 Å². The van der Waals surface area contributed by atoms with Gasteiger partial charge in [-0.05, 0) is 74.2 Å². The first-order chi connectivity index (χ1) is 12.8. The van der Waals surface area contributed by atoms with Crippen molar-refractivity contribution in [3.05, 3.63) is 63.9 Å². The molecule has 1 heterocycles. The van der Waals surface area contributed by atoms with E-state index in [2.05, 4.69) is 0 Å². The minimum Gasteiger partial charge on any atom is -0.426 e. The number of halogens is 2. The Hall–Kier alpha value is -2.40. The number of hydrogen-bond acceptors (Lipinski definition) is 3. The molecule has 0 N–H and O–H groups in total. The maximum absolute atomic E-state index is 13.0. The largest absolute Gasteiger partial charge is 0.426 e. The first-order valence-corrected chi connectivity index (χ1v) is 9.26. The van der Waals surface area contributed by atoms with Crippen molar-refractivity contribution in [2.45, 2.75) is 26.7 Å². The molecule has 0 radical (unpaired) electrons. The summed E-state index contributed by atoms with van der Waals surface area (Å²) in [5.41, 5.74) is 2.17. The van der Waals surface area contributed by atoms with Crippen LogP contribution in [0.1, 0.15) is 34.3 Å². The molecule has 0 saturated carbocycles. The number of carbonyl (C=O) groups excluding carboxylic acids is 2. The van der Waals surface area contributed by atoms with Crippen LogP contribution in [0.15, 0.2) is 36.4 Å². The second-order valence-corrected chi connectivity index (χ2v) is 7.24. The molecule has 0 aromatic heterocycles. The van der Waals surface area contributed by atoms with Crippen LogP contribution in [0, 0.1) is 25.6 Å². The highest BCUT2D eigenvalue weighted by Gasteiger charge is 2.29. The van der Waals surface area contributed by atoms with Crippen LogP contribution in [0.4, 0.5) is 4.39 Å². The third-order valence-corrected chi connectivity index (χ3v) is 5.43. The van der Waals surface area contributed by atoms with E-state index in [0.29, 0.717) is 42.3 Å². The van der Waals surface area contributed by atoms with Gasteiger partial charge in [-0.3, -0.25) is 9.59 Å². The topological polar surface area (TPSA) is 46.6 Å². The third kappa shape index (κ3) is 4.48. The van der Waals surface area contributed by atoms with Gasteiger partial charge in [-0.25, -0.2) is 4.39 Å². The van der Waals surface area contributed by atoms with Gasteiger partial charge in [-0.2, -0.15) is 0 Å². The molecule has 1 aliphatic heterocycles. The molecule has 0 atom stereocenters. The van der Waals surface area contributed by atoms with Gasteiger partial charge in [0.1, 0.15) is 11.6 Å². The molecule has 2 aromatic rings. The SMILES string of the molecule is Cc1cc(OC(=O)C2CCN(C(=O)c3ccc(F)cc3)CC2)cc(C)c1Cl. The Bertz CT molecular complexity index is 835. The number of likely N-dealkylation sites (tertiary alicyclic amines) is 1. The minimum absolute atomic E-state index is 0.147. The fourth-order valence-corrected chi connectivity index (χ4v) is 3.37. The Morgan fingerprint density at radius 2 is 1.63 bits per heavy atom. The smallest absolute Gasteiger partial charge is 0.314 e. The number of benzene rings is 2. The summed E-state index contributed by atoms with van der Waals surface area (Å²) in [6, 6.07) is 8.99. The summed E-state index contributed by atoms with van der Waals surface area (Å²) in [6.07, 6.45) is 1.08. The van der Waals surface area contributed by atoms with E-state index in [1.54, 1.807) is 17.0 Å². The van der Waals surface area contributed by atoms with E-state index in [0.717, 1.165) is 11.1 Å². The standard InChI is InChI=1S/C21H21ClFNO3/c1-13-11-18(12-14(2)19(13)22)27-21(26)16-7-9-24(10-8-16)20(25)15-3-5-17(23)6-4-15/h3-6,11-12,16H,7-10H2,1-2H3. The molecule has 1 fully saturated rings. The number of carbonyl (C=O) groups is 2. The van der Waals surface area contributed by atoms with Gasteiger partial charge in [0.15, 0.2) is 0 Å². The summed E-state index contributed by atoms with van der Waals surface area (Å²) in [6.45, 7) is 4.67. The van der Waals surface area contributed by atoms with E-state index >= 15 is 0 Å². The van der Waals surface area contributed by atoms with Gasteiger partial charge in [0, 0.05) is 23.7 Å². The second-order valence-electron chi connectivity index (χ2n) is 6.87. The number of esters is 1. The number of amides is 1. The Morgan fingerprint density at radius 1 is 1.07 bits per heavy atom. The molecule has 27 heavy (non-hydrogen) atoms. The molecule has 1 amide bonds. The highest BCUT2D eigenvalue weighted by atomic mass is 35.5. The van der Waals surface area contributed by atoms with E-state index in [4.69, 9.17) is 16.3 Å². The molecule has 0 aliphatic carbocycles. The monoisotopic (exact) mass is 389 g/mol. The number of rotatable bonds is 3. The van der Waals surface area contributed by atoms with Crippen LogP contribution in [0.5, 0.6) is 5.75 Å². The Morgan fingerprint density at radius 3 is 2.19 bits per heavy atom. The molecule has 6 heteroatoms. The van der Waals surface area contributed by atoms with Gasteiger partial charge in [-0.15, -0.1) is 0 Å². The third-order valence-electron chi connectivity index (χ3n) is 4.84. The van der Waals surface area contributed by atoms with E-state index in [1.807, 2.05) is 13.8 Å². The van der Waals surface area contributed by atoms with Gasteiger partial charge >= 0.3 is 5.97 Å². The Kier molecular flexibility index (Phi) is 5.80. The number of aryl methyl sites for hydroxylation is 2. The fraction of sp³-hybridized carbons (Fsp3) is 0.333. The van der Waals surface area contributed by atoms with Crippen LogP contribution in [0.2, 0.25) is 5.02 Å². The van der Waals surface area contributed by atoms with Crippen LogP contribution in [0.3, 0.4) is 0 Å². The zero-order valence-electron chi connectivity index (χ0n) is 15.3. The van der Waals surface area contributed by atoms with Crippen molar-refractivity contribution in [1.29, 1.82) is 0 Å². The molecule has 2 aromatic carbocycles. The minimum atomic E-state index is -0.374. The molecule has 4 nitrogen and oxygen atoms in total. The molecule has 0 unspecified atom stereocenters. The Balaban J connectivity index is 1.58. The second kappa shape index (κ2) is 8.09. The zero-order valence-corrected chi connectivity index (χ0v) is 16.1. The summed E-state index contributed by atoms with van der Waals surface area (Å²) in [5.74, 6) is -0.570. The maximum Gasteiger partial charge on any atom is 0.314 e. The number of ether oxygens (including phenoxy) is 1. The fourth-order valence-electron chi connectivity index (χ4n) is 3.26. The lowest BCUT2D eigenvalue weighted by atomic mass is 9.96. The number of nitrogens with zero attached hydrogens (tertiary/aromatic N) is 1. The van der Waals surface area contributed by atoms with Gasteiger partial charge in [0.05, 0.1) is 5.92 Å². The summed E-state index contributed by atoms with van der Waals surface area (Å²) < 4.78 is 18.5. The summed E-state index contributed by atoms with van der Waals surface area (Å²) in [5, 5.41) is 0.669. The summed E-state index contributed by atoms with van der Waals surface area (Å²) in [7, 11) is 0. The van der Waals surface area contributed by atoms with Crippen molar-refractivity contribution < 1.29 is 18.7 Å². The molecule has 0 spiro atoms. The number of hydrogen-bond donors (Lipinski definition) is 0. The zero-order chi connectivity index (χ0) is 19.6. The van der Waals surface area contributed by atoms with Gasteiger partial charge in [-0.1, -0.05) is 11.6 Å². The van der Waals surface area contributed by atoms with Crippen molar-refractivity contribution in [2.75, 3.05) is 13.1 Å². The molecule has 0 bridgehead atoms. The van der Waals surface area contributed by atoms with Crippen molar-refractivity contribution in [3.63, 3.8) is 0 Å². The predicted octanol–water partition coefficient (Wildman–Crippen LogP) is 4.55. The van der Waals surface area contributed by atoms with Crippen LogP contribution in [-0.4, -0.2) is 29.9 Å². The van der Waals surface area contributed by atoms with Gasteiger partial charge in [0.25, 0.3) is 5.91 Å². The number of piperidine rings is 1. The average molecular weight is 390 g/mol. The van der Waals surface area contributed by atoms with Crippen molar-refractivity contribution in [2.24, 2.45) is 5.92 Å².